The van der Waals surface area contributed by atoms with Gasteiger partial charge in [0, 0.05) is 13.0 Å². The molecule has 0 aromatic heterocycles. The number of ether oxygens (including phenoxy) is 2. The molecule has 0 aromatic rings. The van der Waals surface area contributed by atoms with Crippen LogP contribution in [0, 0.1) is 5.92 Å². The molecular weight excluding hydrogens is 316 g/mol. The lowest BCUT2D eigenvalue weighted by Crippen LogP contribution is -2.48. The molecule has 8 nitrogen and oxygen atoms in total. The number of ketones is 1. The Labute approximate surface area is 142 Å². The first-order valence-electron chi connectivity index (χ1n) is 7.98. The highest BCUT2D eigenvalue weighted by atomic mass is 16.6. The van der Waals surface area contributed by atoms with E-state index in [9.17, 15) is 19.2 Å². The molecule has 0 radical (unpaired) electrons. The monoisotopic (exact) mass is 344 g/mol. The molecule has 0 aliphatic rings. The second-order valence-corrected chi connectivity index (χ2v) is 6.24. The highest BCUT2D eigenvalue weighted by Crippen LogP contribution is 2.07. The molecule has 8 heteroatoms. The third-order valence-electron chi connectivity index (χ3n) is 2.92. The van der Waals surface area contributed by atoms with Gasteiger partial charge in [0.15, 0.2) is 0 Å². The zero-order valence-corrected chi connectivity index (χ0v) is 15.2. The van der Waals surface area contributed by atoms with E-state index in [1.807, 2.05) is 0 Å². The maximum Gasteiger partial charge on any atom is 0.408 e. The minimum atomic E-state index is -1.05. The van der Waals surface area contributed by atoms with E-state index >= 15 is 0 Å². The molecule has 138 valence electrons. The van der Waals surface area contributed by atoms with Crippen molar-refractivity contribution < 1.29 is 28.7 Å². The van der Waals surface area contributed by atoms with Crippen LogP contribution in [0.15, 0.2) is 0 Å². The number of nitrogens with one attached hydrogen (secondary N) is 2. The van der Waals surface area contributed by atoms with Gasteiger partial charge in [-0.3, -0.25) is 14.4 Å². The molecule has 0 saturated carbocycles. The van der Waals surface area contributed by atoms with Crippen LogP contribution in [0.4, 0.5) is 4.79 Å². The Balaban J connectivity index is 4.58. The summed E-state index contributed by atoms with van der Waals surface area (Å²) in [4.78, 5) is 47.2. The van der Waals surface area contributed by atoms with Gasteiger partial charge in [-0.2, -0.15) is 0 Å². The van der Waals surface area contributed by atoms with Gasteiger partial charge in [0.25, 0.3) is 0 Å². The van der Waals surface area contributed by atoms with Gasteiger partial charge in [-0.15, -0.1) is 0 Å². The minimum Gasteiger partial charge on any atom is -0.465 e. The molecule has 0 aliphatic carbocycles. The van der Waals surface area contributed by atoms with E-state index in [0.29, 0.717) is 0 Å². The van der Waals surface area contributed by atoms with Crippen molar-refractivity contribution in [1.82, 2.24) is 10.6 Å². The zero-order chi connectivity index (χ0) is 18.9. The standard InChI is InChI=1S/C16H28N2O6/c1-7-12(19)11(14(21)23-8-2)9-17-13(20)10(3)18-15(22)24-16(4,5)6/h10-11H,7-9H2,1-6H3,(H,17,20)(H,18,22)/t10-,11?/m0/s1. The Bertz CT molecular complexity index is 470. The average Bonchev–Trinajstić information content (AvgIpc) is 2.44. The van der Waals surface area contributed by atoms with Crippen LogP contribution >= 0.6 is 0 Å². The van der Waals surface area contributed by atoms with Gasteiger partial charge in [-0.05, 0) is 34.6 Å². The van der Waals surface area contributed by atoms with Crippen LogP contribution in [0.1, 0.15) is 48.0 Å². The normalized spacial score (nSPS) is 13.4. The van der Waals surface area contributed by atoms with Gasteiger partial charge in [0.1, 0.15) is 23.3 Å². The van der Waals surface area contributed by atoms with E-state index in [4.69, 9.17) is 9.47 Å². The molecule has 24 heavy (non-hydrogen) atoms. The maximum absolute atomic E-state index is 12.0. The van der Waals surface area contributed by atoms with Gasteiger partial charge >= 0.3 is 12.1 Å². The highest BCUT2D eigenvalue weighted by Gasteiger charge is 2.28. The fourth-order valence-electron chi connectivity index (χ4n) is 1.72. The first kappa shape index (κ1) is 21.9. The molecule has 0 aromatic carbocycles. The summed E-state index contributed by atoms with van der Waals surface area (Å²) in [5.41, 5.74) is -0.678. The van der Waals surface area contributed by atoms with E-state index in [-0.39, 0.29) is 25.4 Å². The molecule has 1 unspecified atom stereocenters. The molecule has 0 bridgehead atoms. The number of rotatable bonds is 8. The van der Waals surface area contributed by atoms with Crippen molar-refractivity contribution in [3.05, 3.63) is 0 Å². The highest BCUT2D eigenvalue weighted by molar-refractivity contribution is 5.99. The number of Topliss-reactive ketones (excluding diaryl/α,β-unsaturated/α-hetero) is 1. The number of carbonyl (C=O) groups excluding carboxylic acids is 4. The lowest BCUT2D eigenvalue weighted by Gasteiger charge is -2.22. The molecule has 0 spiro atoms. The van der Waals surface area contributed by atoms with Crippen molar-refractivity contribution in [3.63, 3.8) is 0 Å². The van der Waals surface area contributed by atoms with E-state index in [0.717, 1.165) is 0 Å². The minimum absolute atomic E-state index is 0.150. The van der Waals surface area contributed by atoms with Crippen molar-refractivity contribution in [2.45, 2.75) is 59.6 Å². The Kier molecular flexibility index (Phi) is 9.02. The number of hydrogen-bond acceptors (Lipinski definition) is 6. The maximum atomic E-state index is 12.0. The van der Waals surface area contributed by atoms with Crippen LogP contribution in [0.3, 0.4) is 0 Å². The largest absolute Gasteiger partial charge is 0.465 e. The number of esters is 1. The summed E-state index contributed by atoms with van der Waals surface area (Å²) in [6.45, 7) is 9.83. The van der Waals surface area contributed by atoms with Crippen LogP contribution in [-0.2, 0) is 23.9 Å². The summed E-state index contributed by atoms with van der Waals surface area (Å²) in [6, 6.07) is -0.876. The third kappa shape index (κ3) is 8.50. The molecule has 0 fully saturated rings. The van der Waals surface area contributed by atoms with Crippen LogP contribution in [0.25, 0.3) is 0 Å². The van der Waals surface area contributed by atoms with E-state index in [1.165, 1.54) is 6.92 Å². The van der Waals surface area contributed by atoms with Crippen molar-refractivity contribution >= 4 is 23.8 Å². The Morgan fingerprint density at radius 3 is 2.12 bits per heavy atom. The summed E-state index contributed by atoms with van der Waals surface area (Å²) in [5.74, 6) is -2.56. The van der Waals surface area contributed by atoms with E-state index in [2.05, 4.69) is 10.6 Å². The predicted molar refractivity (Wildman–Crippen MR) is 87.3 cm³/mol. The number of amides is 2. The van der Waals surface area contributed by atoms with Crippen LogP contribution in [-0.4, -0.2) is 48.5 Å². The fourth-order valence-corrected chi connectivity index (χ4v) is 1.72. The SMILES string of the molecule is CCOC(=O)C(CNC(=O)[C@H](C)NC(=O)OC(C)(C)C)C(=O)CC. The van der Waals surface area contributed by atoms with Crippen molar-refractivity contribution in [3.8, 4) is 0 Å². The molecule has 0 heterocycles. The van der Waals surface area contributed by atoms with E-state index < -0.39 is 35.5 Å². The number of hydrogen-bond donors (Lipinski definition) is 2. The average molecular weight is 344 g/mol. The fraction of sp³-hybridized carbons (Fsp3) is 0.750. The van der Waals surface area contributed by atoms with Crippen molar-refractivity contribution in [1.29, 1.82) is 0 Å². The second-order valence-electron chi connectivity index (χ2n) is 6.24. The second kappa shape index (κ2) is 9.89. The molecule has 2 amide bonds. The van der Waals surface area contributed by atoms with Crippen LogP contribution in [0.2, 0.25) is 0 Å². The van der Waals surface area contributed by atoms with Gasteiger partial charge < -0.3 is 20.1 Å². The van der Waals surface area contributed by atoms with Gasteiger partial charge in [0.05, 0.1) is 6.61 Å². The zero-order valence-electron chi connectivity index (χ0n) is 15.2. The quantitative estimate of drug-likeness (QED) is 0.505. The summed E-state index contributed by atoms with van der Waals surface area (Å²) < 4.78 is 9.89. The molecule has 2 N–H and O–H groups in total. The molecule has 2 atom stereocenters. The first-order valence-corrected chi connectivity index (χ1v) is 7.98. The lowest BCUT2D eigenvalue weighted by molar-refractivity contribution is -0.151. The Hall–Kier alpha value is -2.12. The van der Waals surface area contributed by atoms with Crippen molar-refractivity contribution in [2.24, 2.45) is 5.92 Å². The van der Waals surface area contributed by atoms with Crippen molar-refractivity contribution in [2.75, 3.05) is 13.2 Å². The summed E-state index contributed by atoms with van der Waals surface area (Å²) in [7, 11) is 0. The molecular formula is C16H28N2O6. The van der Waals surface area contributed by atoms with Gasteiger partial charge in [0.2, 0.25) is 5.91 Å². The Morgan fingerprint density at radius 1 is 1.08 bits per heavy atom. The molecule has 0 rings (SSSR count). The van der Waals surface area contributed by atoms with Crippen LogP contribution in [0.5, 0.6) is 0 Å². The molecule has 0 aliphatic heterocycles. The van der Waals surface area contributed by atoms with Gasteiger partial charge in [-0.1, -0.05) is 6.92 Å². The summed E-state index contributed by atoms with van der Waals surface area (Å²) in [6.07, 6.45) is -0.567. The smallest absolute Gasteiger partial charge is 0.408 e. The predicted octanol–water partition coefficient (Wildman–Crippen LogP) is 1.17. The topological polar surface area (TPSA) is 111 Å². The lowest BCUT2D eigenvalue weighted by atomic mass is 10.0. The number of carbonyl (C=O) groups is 4. The summed E-state index contributed by atoms with van der Waals surface area (Å²) >= 11 is 0. The van der Waals surface area contributed by atoms with Gasteiger partial charge in [-0.25, -0.2) is 4.79 Å². The molecule has 0 saturated heterocycles. The van der Waals surface area contributed by atoms with E-state index in [1.54, 1.807) is 34.6 Å². The van der Waals surface area contributed by atoms with Crippen LogP contribution < -0.4 is 10.6 Å². The number of alkyl carbamates (subject to hydrolysis) is 1. The first-order chi connectivity index (χ1) is 11.0. The Morgan fingerprint density at radius 2 is 1.67 bits per heavy atom. The summed E-state index contributed by atoms with van der Waals surface area (Å²) in [5, 5.41) is 4.86. The third-order valence-corrected chi connectivity index (χ3v) is 2.92.